The number of carbonyl (C=O) groups excluding carboxylic acids is 1. The Balaban J connectivity index is 0.000000406. The van der Waals surface area contributed by atoms with E-state index in [4.69, 9.17) is 14.4 Å². The van der Waals surface area contributed by atoms with Gasteiger partial charge >= 0.3 is 12.1 Å². The van der Waals surface area contributed by atoms with Crippen molar-refractivity contribution in [1.82, 2.24) is 20.8 Å². The third-order valence-corrected chi connectivity index (χ3v) is 6.13. The van der Waals surface area contributed by atoms with Crippen LogP contribution in [-0.4, -0.2) is 50.4 Å². The molecule has 1 aliphatic heterocycles. The van der Waals surface area contributed by atoms with E-state index in [1.54, 1.807) is 6.20 Å². The fourth-order valence-electron chi connectivity index (χ4n) is 5.16. The molecule has 2 aliphatic rings. The number of pyridine rings is 1. The van der Waals surface area contributed by atoms with Gasteiger partial charge in [0.25, 0.3) is 11.6 Å². The van der Waals surface area contributed by atoms with Gasteiger partial charge in [-0.3, -0.25) is 4.79 Å². The maximum Gasteiger partial charge on any atom is 0.490 e. The minimum Gasteiger partial charge on any atom is -0.475 e. The first-order valence-corrected chi connectivity index (χ1v) is 11.3. The predicted molar refractivity (Wildman–Crippen MR) is 118 cm³/mol. The number of hydrogen-bond acceptors (Lipinski definition) is 6. The summed E-state index contributed by atoms with van der Waals surface area (Å²) < 4.78 is 37.1. The Bertz CT molecular complexity index is 1030. The molecule has 0 aromatic carbocycles. The van der Waals surface area contributed by atoms with Gasteiger partial charge in [-0.2, -0.15) is 13.2 Å². The number of nitrogens with zero attached hydrogens (tertiary/aromatic N) is 2. The molecule has 11 heteroatoms. The molecule has 1 saturated heterocycles. The lowest BCUT2D eigenvalue weighted by atomic mass is 9.79. The maximum absolute atomic E-state index is 12.9. The molecule has 2 aromatic rings. The number of carbonyl (C=O) groups is 2. The lowest BCUT2D eigenvalue weighted by Crippen LogP contribution is -2.62. The van der Waals surface area contributed by atoms with Crippen LogP contribution in [0.25, 0.3) is 11.1 Å². The first-order valence-electron chi connectivity index (χ1n) is 11.3. The summed E-state index contributed by atoms with van der Waals surface area (Å²) in [5.74, 6) is -2.40. The van der Waals surface area contributed by atoms with E-state index >= 15 is 0 Å². The van der Waals surface area contributed by atoms with Gasteiger partial charge in [0.05, 0.1) is 16.6 Å². The van der Waals surface area contributed by atoms with E-state index in [1.807, 2.05) is 6.07 Å². The number of carboxylic acid groups (broad SMARTS) is 1. The summed E-state index contributed by atoms with van der Waals surface area (Å²) in [5, 5.41) is 19.1. The van der Waals surface area contributed by atoms with E-state index in [0.29, 0.717) is 17.2 Å². The molecule has 0 radical (unpaired) electrons. The number of alkyl halides is 3. The van der Waals surface area contributed by atoms with E-state index in [1.165, 1.54) is 12.8 Å². The van der Waals surface area contributed by atoms with Crippen LogP contribution >= 0.6 is 0 Å². The predicted octanol–water partition coefficient (Wildman–Crippen LogP) is 4.55. The van der Waals surface area contributed by atoms with Crippen LogP contribution in [0, 0.1) is 0 Å². The first-order chi connectivity index (χ1) is 15.7. The smallest absolute Gasteiger partial charge is 0.475 e. The van der Waals surface area contributed by atoms with Gasteiger partial charge in [0.2, 0.25) is 0 Å². The zero-order valence-corrected chi connectivity index (χ0v) is 19.8. The van der Waals surface area contributed by atoms with E-state index in [9.17, 15) is 18.0 Å². The average Bonchev–Trinajstić information content (AvgIpc) is 3.34. The Kier molecular flexibility index (Phi) is 7.26. The van der Waals surface area contributed by atoms with Crippen LogP contribution in [0.1, 0.15) is 88.2 Å². The summed E-state index contributed by atoms with van der Waals surface area (Å²) in [6.07, 6.45) is 3.05. The van der Waals surface area contributed by atoms with Gasteiger partial charge in [-0.1, -0.05) is 18.0 Å². The molecule has 3 heterocycles. The molecule has 8 nitrogen and oxygen atoms in total. The number of aliphatic carboxylic acids is 1. The van der Waals surface area contributed by atoms with Crippen LogP contribution in [-0.2, 0) is 4.79 Å². The lowest BCUT2D eigenvalue weighted by Gasteiger charge is -2.46. The molecule has 0 spiro atoms. The number of hydrogen-bond donors (Lipinski definition) is 3. The van der Waals surface area contributed by atoms with Crippen LogP contribution in [0.2, 0.25) is 0 Å². The quantitative estimate of drug-likeness (QED) is 0.585. The van der Waals surface area contributed by atoms with Crippen LogP contribution in [0.5, 0.6) is 0 Å². The Morgan fingerprint density at radius 1 is 1.15 bits per heavy atom. The normalized spacial score (nSPS) is 20.6. The van der Waals surface area contributed by atoms with Crippen molar-refractivity contribution in [3.63, 3.8) is 0 Å². The van der Waals surface area contributed by atoms with Gasteiger partial charge in [-0.25, -0.2) is 9.78 Å². The molecule has 2 fully saturated rings. The van der Waals surface area contributed by atoms with Crippen LogP contribution in [0.15, 0.2) is 16.8 Å². The largest absolute Gasteiger partial charge is 0.490 e. The third-order valence-electron chi connectivity index (χ3n) is 6.13. The van der Waals surface area contributed by atoms with Crippen LogP contribution in [0.3, 0.4) is 0 Å². The van der Waals surface area contributed by atoms with Crippen molar-refractivity contribution in [2.75, 3.05) is 0 Å². The lowest BCUT2D eigenvalue weighted by molar-refractivity contribution is -0.192. The number of fused-ring (bicyclic) bond motifs is 1. The van der Waals surface area contributed by atoms with Crippen LogP contribution in [0.4, 0.5) is 13.2 Å². The average molecular weight is 485 g/mol. The molecule has 3 N–H and O–H groups in total. The van der Waals surface area contributed by atoms with Crippen molar-refractivity contribution < 1.29 is 32.4 Å². The van der Waals surface area contributed by atoms with Gasteiger partial charge in [0.15, 0.2) is 0 Å². The summed E-state index contributed by atoms with van der Waals surface area (Å²) in [5.41, 5.74) is 2.06. The molecule has 0 bridgehead atoms. The molecule has 4 rings (SSSR count). The Labute approximate surface area is 195 Å². The molecule has 2 aromatic heterocycles. The number of carboxylic acids is 1. The summed E-state index contributed by atoms with van der Waals surface area (Å²) in [6, 6.07) is 2.04. The van der Waals surface area contributed by atoms with E-state index in [0.717, 1.165) is 36.8 Å². The monoisotopic (exact) mass is 484 g/mol. The number of aromatic nitrogens is 2. The standard InChI is InChI=1S/C21H30N4O2.C2HF3O2/c1-20(2)10-15(11-21(3,4)25-20)23-18(26)14-9-16-17(13-7-5-6-8-13)24-27-19(16)22-12-14;3-2(4,5)1(6)7/h9,12-13,15,25H,5-8,10-11H2,1-4H3,(H,23,26);(H,6,7). The summed E-state index contributed by atoms with van der Waals surface area (Å²) in [7, 11) is 0. The van der Waals surface area contributed by atoms with Gasteiger partial charge in [-0.15, -0.1) is 0 Å². The Morgan fingerprint density at radius 2 is 1.71 bits per heavy atom. The number of amides is 1. The van der Waals surface area contributed by atoms with Crippen molar-refractivity contribution in [2.24, 2.45) is 0 Å². The molecule has 1 aliphatic carbocycles. The van der Waals surface area contributed by atoms with Crippen molar-refractivity contribution in [2.45, 2.75) is 95.4 Å². The van der Waals surface area contributed by atoms with E-state index in [-0.39, 0.29) is 23.0 Å². The molecule has 0 atom stereocenters. The van der Waals surface area contributed by atoms with Gasteiger partial charge in [-0.05, 0) is 59.4 Å². The second-order valence-corrected chi connectivity index (χ2v) is 10.4. The molecule has 1 amide bonds. The zero-order chi connectivity index (χ0) is 25.3. The van der Waals surface area contributed by atoms with Crippen molar-refractivity contribution in [3.05, 3.63) is 23.5 Å². The van der Waals surface area contributed by atoms with Crippen LogP contribution < -0.4 is 10.6 Å². The summed E-state index contributed by atoms with van der Waals surface area (Å²) in [6.45, 7) is 8.74. The van der Waals surface area contributed by atoms with Crippen molar-refractivity contribution >= 4 is 23.0 Å². The number of halogens is 3. The first kappa shape index (κ1) is 25.9. The summed E-state index contributed by atoms with van der Waals surface area (Å²) in [4.78, 5) is 26.1. The topological polar surface area (TPSA) is 117 Å². The Hall–Kier alpha value is -2.69. The molecule has 0 unspecified atom stereocenters. The van der Waals surface area contributed by atoms with Gasteiger partial charge in [0.1, 0.15) is 0 Å². The fourth-order valence-corrected chi connectivity index (χ4v) is 5.16. The second kappa shape index (κ2) is 9.52. The van der Waals surface area contributed by atoms with E-state index < -0.39 is 12.1 Å². The highest BCUT2D eigenvalue weighted by Gasteiger charge is 2.39. The van der Waals surface area contributed by atoms with E-state index in [2.05, 4.69) is 48.5 Å². The van der Waals surface area contributed by atoms with Gasteiger partial charge < -0.3 is 20.3 Å². The molecule has 34 heavy (non-hydrogen) atoms. The van der Waals surface area contributed by atoms with Crippen molar-refractivity contribution in [1.29, 1.82) is 0 Å². The minimum atomic E-state index is -5.08. The maximum atomic E-state index is 12.9. The highest BCUT2D eigenvalue weighted by Crippen LogP contribution is 2.37. The fraction of sp³-hybridized carbons (Fsp3) is 0.652. The Morgan fingerprint density at radius 3 is 2.24 bits per heavy atom. The SMILES string of the molecule is CC1(C)CC(NC(=O)c2cnc3onc(C4CCCC4)c3c2)CC(C)(C)N1.O=C(O)C(F)(F)F. The molecule has 1 saturated carbocycles. The highest BCUT2D eigenvalue weighted by molar-refractivity contribution is 5.97. The van der Waals surface area contributed by atoms with Crippen molar-refractivity contribution in [3.8, 4) is 0 Å². The summed E-state index contributed by atoms with van der Waals surface area (Å²) >= 11 is 0. The molecule has 188 valence electrons. The number of piperidine rings is 1. The minimum absolute atomic E-state index is 0.00791. The second-order valence-electron chi connectivity index (χ2n) is 10.4. The molecular formula is C23H31F3N4O4. The molecular weight excluding hydrogens is 453 g/mol. The highest BCUT2D eigenvalue weighted by atomic mass is 19.4. The third kappa shape index (κ3) is 6.46. The van der Waals surface area contributed by atoms with Gasteiger partial charge in [0, 0.05) is 29.2 Å². The number of nitrogens with one attached hydrogen (secondary N) is 2. The number of rotatable bonds is 3. The zero-order valence-electron chi connectivity index (χ0n) is 19.8.